The Morgan fingerprint density at radius 3 is 1.88 bits per heavy atom. The van der Waals surface area contributed by atoms with E-state index in [0.29, 0.717) is 30.9 Å². The Labute approximate surface area is 200 Å². The first-order valence-electron chi connectivity index (χ1n) is 11.1. The van der Waals surface area contributed by atoms with Crippen molar-refractivity contribution in [2.45, 2.75) is 38.5 Å². The molecule has 2 rings (SSSR count). The normalized spacial score (nSPS) is 11.2. The maximum absolute atomic E-state index is 12.5. The van der Waals surface area contributed by atoms with E-state index in [1.807, 2.05) is 6.92 Å². The van der Waals surface area contributed by atoms with Crippen LogP contribution in [0.3, 0.4) is 0 Å². The zero-order valence-corrected chi connectivity index (χ0v) is 20.4. The second-order valence-corrected chi connectivity index (χ2v) is 9.24. The summed E-state index contributed by atoms with van der Waals surface area (Å²) in [6.45, 7) is 5.99. The Morgan fingerprint density at radius 2 is 1.35 bits per heavy atom. The third-order valence-electron chi connectivity index (χ3n) is 4.90. The smallest absolute Gasteiger partial charge is 0.338 e. The minimum atomic E-state index is -3.63. The predicted octanol–water partition coefficient (Wildman–Crippen LogP) is 3.47. The largest absolute Gasteiger partial charge is 0.462 e. The number of amides is 1. The molecule has 0 saturated heterocycles. The van der Waals surface area contributed by atoms with Crippen LogP contribution in [0, 0.1) is 0 Å². The fraction of sp³-hybridized carbons (Fsp3) is 0.375. The number of nitrogens with zero attached hydrogens (tertiary/aromatic N) is 1. The van der Waals surface area contributed by atoms with Crippen molar-refractivity contribution in [2.75, 3.05) is 31.6 Å². The molecular formula is C24H30N2O7S. The number of carbonyl (C=O) groups is 3. The molecule has 0 spiro atoms. The maximum atomic E-state index is 12.5. The molecule has 9 nitrogen and oxygen atoms in total. The highest BCUT2D eigenvalue weighted by Gasteiger charge is 2.22. The third-order valence-corrected chi connectivity index (χ3v) is 6.97. The Balaban J connectivity index is 1.88. The summed E-state index contributed by atoms with van der Waals surface area (Å²) in [7, 11) is -3.63. The molecule has 0 aliphatic carbocycles. The molecule has 0 radical (unpaired) electrons. The van der Waals surface area contributed by atoms with Gasteiger partial charge in [0.1, 0.15) is 0 Å². The van der Waals surface area contributed by atoms with Gasteiger partial charge in [0, 0.05) is 18.8 Å². The van der Waals surface area contributed by atoms with Crippen LogP contribution in [0.2, 0.25) is 0 Å². The highest BCUT2D eigenvalue weighted by molar-refractivity contribution is 7.89. The predicted molar refractivity (Wildman–Crippen MR) is 127 cm³/mol. The van der Waals surface area contributed by atoms with Gasteiger partial charge in [0.05, 0.1) is 22.6 Å². The van der Waals surface area contributed by atoms with Crippen molar-refractivity contribution >= 4 is 33.6 Å². The summed E-state index contributed by atoms with van der Waals surface area (Å²) < 4.78 is 36.5. The molecule has 0 fully saturated rings. The number of rotatable bonds is 12. The van der Waals surface area contributed by atoms with Gasteiger partial charge in [-0.05, 0) is 55.0 Å². The number of unbranched alkanes of at least 4 members (excludes halogenated alkanes) is 1. The second-order valence-electron chi connectivity index (χ2n) is 7.30. The van der Waals surface area contributed by atoms with Crippen molar-refractivity contribution in [1.29, 1.82) is 0 Å². The summed E-state index contributed by atoms with van der Waals surface area (Å²) in [4.78, 5) is 36.3. The molecule has 34 heavy (non-hydrogen) atoms. The van der Waals surface area contributed by atoms with Gasteiger partial charge in [-0.2, -0.15) is 4.31 Å². The number of carbonyl (C=O) groups excluding carboxylic acids is 3. The van der Waals surface area contributed by atoms with Gasteiger partial charge in [0.15, 0.2) is 6.61 Å². The molecule has 2 aromatic carbocycles. The van der Waals surface area contributed by atoms with Crippen LogP contribution in [0.15, 0.2) is 53.4 Å². The van der Waals surface area contributed by atoms with Crippen LogP contribution >= 0.6 is 0 Å². The van der Waals surface area contributed by atoms with Crippen LogP contribution in [0.4, 0.5) is 5.69 Å². The summed E-state index contributed by atoms with van der Waals surface area (Å²) in [5.41, 5.74) is 0.918. The van der Waals surface area contributed by atoms with Crippen LogP contribution in [0.1, 0.15) is 54.3 Å². The van der Waals surface area contributed by atoms with Gasteiger partial charge in [0.25, 0.3) is 5.91 Å². The fourth-order valence-corrected chi connectivity index (χ4v) is 4.43. The lowest BCUT2D eigenvalue weighted by Gasteiger charge is -2.18. The lowest BCUT2D eigenvalue weighted by Crippen LogP contribution is -2.30. The van der Waals surface area contributed by atoms with Crippen LogP contribution in [0.25, 0.3) is 0 Å². The first-order chi connectivity index (χ1) is 16.2. The standard InChI is InChI=1S/C24H30N2O7S/c1-4-7-16-32-23(28)18-8-12-20(13-9-18)25-22(27)17-33-24(29)19-10-14-21(15-11-19)34(30,31)26(5-2)6-3/h8-15H,4-7,16-17H2,1-3H3,(H,25,27). The Bertz CT molecular complexity index is 1080. The van der Waals surface area contributed by atoms with E-state index in [9.17, 15) is 22.8 Å². The number of hydrogen-bond acceptors (Lipinski definition) is 7. The molecule has 10 heteroatoms. The van der Waals surface area contributed by atoms with Crippen LogP contribution in [0.5, 0.6) is 0 Å². The van der Waals surface area contributed by atoms with Gasteiger partial charge in [-0.25, -0.2) is 18.0 Å². The molecular weight excluding hydrogens is 460 g/mol. The van der Waals surface area contributed by atoms with Crippen molar-refractivity contribution in [3.8, 4) is 0 Å². The summed E-state index contributed by atoms with van der Waals surface area (Å²) >= 11 is 0. The molecule has 0 aliphatic heterocycles. The molecule has 0 bridgehead atoms. The number of ether oxygens (including phenoxy) is 2. The zero-order valence-electron chi connectivity index (χ0n) is 19.6. The van der Waals surface area contributed by atoms with E-state index < -0.39 is 34.5 Å². The Hall–Kier alpha value is -3.24. The highest BCUT2D eigenvalue weighted by atomic mass is 32.2. The highest BCUT2D eigenvalue weighted by Crippen LogP contribution is 2.17. The summed E-state index contributed by atoms with van der Waals surface area (Å²) in [5.74, 6) is -1.75. The molecule has 1 N–H and O–H groups in total. The SMILES string of the molecule is CCCCOC(=O)c1ccc(NC(=O)COC(=O)c2ccc(S(=O)(=O)N(CC)CC)cc2)cc1. The van der Waals surface area contributed by atoms with E-state index in [2.05, 4.69) is 5.32 Å². The van der Waals surface area contributed by atoms with Crippen molar-refractivity contribution in [2.24, 2.45) is 0 Å². The van der Waals surface area contributed by atoms with Crippen molar-refractivity contribution in [1.82, 2.24) is 4.31 Å². The van der Waals surface area contributed by atoms with E-state index in [-0.39, 0.29) is 10.5 Å². The summed E-state index contributed by atoms with van der Waals surface area (Å²) in [5, 5.41) is 2.57. The number of anilines is 1. The molecule has 0 atom stereocenters. The fourth-order valence-electron chi connectivity index (χ4n) is 2.97. The number of sulfonamides is 1. The molecule has 1 amide bonds. The zero-order chi connectivity index (χ0) is 25.1. The number of hydrogen-bond donors (Lipinski definition) is 1. The van der Waals surface area contributed by atoms with E-state index in [0.717, 1.165) is 12.8 Å². The van der Waals surface area contributed by atoms with Crippen LogP contribution in [-0.2, 0) is 24.3 Å². The molecule has 2 aromatic rings. The van der Waals surface area contributed by atoms with Gasteiger partial charge < -0.3 is 14.8 Å². The van der Waals surface area contributed by atoms with Crippen molar-refractivity contribution in [3.05, 3.63) is 59.7 Å². The van der Waals surface area contributed by atoms with Gasteiger partial charge in [-0.3, -0.25) is 4.79 Å². The molecule has 184 valence electrons. The maximum Gasteiger partial charge on any atom is 0.338 e. The average Bonchev–Trinajstić information content (AvgIpc) is 2.83. The van der Waals surface area contributed by atoms with E-state index in [1.54, 1.807) is 26.0 Å². The van der Waals surface area contributed by atoms with Crippen LogP contribution in [-0.4, -0.2) is 56.9 Å². The summed E-state index contributed by atoms with van der Waals surface area (Å²) in [6.07, 6.45) is 1.71. The lowest BCUT2D eigenvalue weighted by atomic mass is 10.2. The number of nitrogens with one attached hydrogen (secondary N) is 1. The molecule has 0 heterocycles. The minimum absolute atomic E-state index is 0.0724. The molecule has 0 aromatic heterocycles. The second kappa shape index (κ2) is 12.9. The minimum Gasteiger partial charge on any atom is -0.462 e. The van der Waals surface area contributed by atoms with Crippen molar-refractivity contribution < 1.29 is 32.3 Å². The first-order valence-corrected chi connectivity index (χ1v) is 12.5. The van der Waals surface area contributed by atoms with Gasteiger partial charge in [-0.1, -0.05) is 27.2 Å². The monoisotopic (exact) mass is 490 g/mol. The topological polar surface area (TPSA) is 119 Å². The quantitative estimate of drug-likeness (QED) is 0.357. The van der Waals surface area contributed by atoms with E-state index in [4.69, 9.17) is 9.47 Å². The van der Waals surface area contributed by atoms with Gasteiger partial charge >= 0.3 is 11.9 Å². The molecule has 0 saturated carbocycles. The van der Waals surface area contributed by atoms with E-state index in [1.165, 1.54) is 40.7 Å². The van der Waals surface area contributed by atoms with Crippen molar-refractivity contribution in [3.63, 3.8) is 0 Å². The number of benzene rings is 2. The average molecular weight is 491 g/mol. The first kappa shape index (κ1) is 27.0. The molecule has 0 aliphatic rings. The summed E-state index contributed by atoms with van der Waals surface area (Å²) in [6, 6.07) is 11.5. The number of esters is 2. The van der Waals surface area contributed by atoms with Gasteiger partial charge in [-0.15, -0.1) is 0 Å². The van der Waals surface area contributed by atoms with Gasteiger partial charge in [0.2, 0.25) is 10.0 Å². The molecule has 0 unspecified atom stereocenters. The Morgan fingerprint density at radius 1 is 0.824 bits per heavy atom. The third kappa shape index (κ3) is 7.39. The lowest BCUT2D eigenvalue weighted by molar-refractivity contribution is -0.119. The Kier molecular flexibility index (Phi) is 10.2. The van der Waals surface area contributed by atoms with Crippen LogP contribution < -0.4 is 5.32 Å². The van der Waals surface area contributed by atoms with E-state index >= 15 is 0 Å².